The van der Waals surface area contributed by atoms with Crippen LogP contribution < -0.4 is 13.7 Å². The molecule has 4 aromatic rings. The molecule has 0 aliphatic rings. The molecule has 33 heavy (non-hydrogen) atoms. The second-order valence-corrected chi connectivity index (χ2v) is 11.3. The van der Waals surface area contributed by atoms with Crippen molar-refractivity contribution in [2.75, 3.05) is 14.2 Å². The Morgan fingerprint density at radius 3 is 1.88 bits per heavy atom. The Bertz CT molecular complexity index is 1450. The molecule has 172 valence electrons. The van der Waals surface area contributed by atoms with Crippen molar-refractivity contribution in [1.29, 1.82) is 0 Å². The lowest BCUT2D eigenvalue weighted by Gasteiger charge is -2.19. The van der Waals surface area contributed by atoms with Gasteiger partial charge in [-0.05, 0) is 57.8 Å². The summed E-state index contributed by atoms with van der Waals surface area (Å²) >= 11 is 2.04. The van der Waals surface area contributed by atoms with Crippen LogP contribution in [0.25, 0.3) is 21.5 Å². The van der Waals surface area contributed by atoms with Gasteiger partial charge in [0, 0.05) is 25.1 Å². The van der Waals surface area contributed by atoms with E-state index in [1.54, 1.807) is 38.5 Å². The molecule has 0 atom stereocenters. The van der Waals surface area contributed by atoms with Crippen molar-refractivity contribution in [2.24, 2.45) is 0 Å². The van der Waals surface area contributed by atoms with Crippen LogP contribution in [0.5, 0.6) is 17.2 Å². The smallest absolute Gasteiger partial charge is 0.340 e. The van der Waals surface area contributed by atoms with Gasteiger partial charge in [0.15, 0.2) is 0 Å². The number of methoxy groups -OCH3 is 2. The summed E-state index contributed by atoms with van der Waals surface area (Å²) in [6.07, 6.45) is 0. The molecule has 7 heteroatoms. The molecule has 0 aliphatic heterocycles. The number of hydrogen-bond acceptors (Lipinski definition) is 5. The van der Waals surface area contributed by atoms with E-state index in [1.165, 1.54) is 0 Å². The minimum atomic E-state index is -4.09. The van der Waals surface area contributed by atoms with Crippen LogP contribution >= 0.6 is 22.6 Å². The van der Waals surface area contributed by atoms with Gasteiger partial charge in [0.1, 0.15) is 22.1 Å². The first-order chi connectivity index (χ1) is 15.6. The summed E-state index contributed by atoms with van der Waals surface area (Å²) in [6, 6.07) is 18.2. The van der Waals surface area contributed by atoms with Crippen molar-refractivity contribution in [2.45, 2.75) is 31.1 Å². The Kier molecular flexibility index (Phi) is 6.22. The van der Waals surface area contributed by atoms with Crippen LogP contribution in [0.2, 0.25) is 0 Å². The van der Waals surface area contributed by atoms with Crippen LogP contribution in [-0.2, 0) is 15.5 Å². The number of halogens is 1. The summed E-state index contributed by atoms with van der Waals surface area (Å²) in [5.41, 5.74) is 1.06. The normalized spacial score (nSPS) is 12.2. The Balaban J connectivity index is 1.88. The van der Waals surface area contributed by atoms with E-state index in [9.17, 15) is 8.42 Å². The minimum Gasteiger partial charge on any atom is -0.495 e. The largest absolute Gasteiger partial charge is 0.495 e. The van der Waals surface area contributed by atoms with Crippen LogP contribution in [0, 0.1) is 3.57 Å². The molecule has 0 heterocycles. The average molecular weight is 576 g/mol. The van der Waals surface area contributed by atoms with Crippen LogP contribution in [0.1, 0.15) is 26.3 Å². The summed E-state index contributed by atoms with van der Waals surface area (Å²) in [4.78, 5) is 0.0751. The molecular weight excluding hydrogens is 551 g/mol. The Morgan fingerprint density at radius 2 is 1.33 bits per heavy atom. The molecule has 0 bridgehead atoms. The maximum absolute atomic E-state index is 13.3. The van der Waals surface area contributed by atoms with Gasteiger partial charge in [-0.25, -0.2) is 0 Å². The zero-order valence-electron chi connectivity index (χ0n) is 19.1. The second kappa shape index (κ2) is 8.68. The van der Waals surface area contributed by atoms with Gasteiger partial charge in [-0.3, -0.25) is 0 Å². The second-order valence-electron chi connectivity index (χ2n) is 8.72. The predicted octanol–water partition coefficient (Wildman–Crippen LogP) is 6.68. The topological polar surface area (TPSA) is 61.8 Å². The van der Waals surface area contributed by atoms with Crippen molar-refractivity contribution in [1.82, 2.24) is 0 Å². The van der Waals surface area contributed by atoms with Crippen molar-refractivity contribution in [3.05, 3.63) is 69.8 Å². The van der Waals surface area contributed by atoms with E-state index < -0.39 is 10.1 Å². The molecule has 5 nitrogen and oxygen atoms in total. The molecule has 0 saturated carbocycles. The van der Waals surface area contributed by atoms with Gasteiger partial charge in [-0.2, -0.15) is 8.42 Å². The predicted molar refractivity (Wildman–Crippen MR) is 140 cm³/mol. The molecule has 0 radical (unpaired) electrons. The van der Waals surface area contributed by atoms with Crippen molar-refractivity contribution in [3.63, 3.8) is 0 Å². The molecular formula is C26H25IO5S. The fourth-order valence-corrected chi connectivity index (χ4v) is 6.47. The number of benzene rings is 4. The molecule has 4 aromatic carbocycles. The van der Waals surface area contributed by atoms with Gasteiger partial charge in [0.2, 0.25) is 0 Å². The maximum Gasteiger partial charge on any atom is 0.340 e. The van der Waals surface area contributed by atoms with Gasteiger partial charge in [-0.15, -0.1) is 0 Å². The van der Waals surface area contributed by atoms with Crippen LogP contribution in [0.4, 0.5) is 0 Å². The van der Waals surface area contributed by atoms with E-state index in [-0.39, 0.29) is 16.1 Å². The highest BCUT2D eigenvalue weighted by atomic mass is 127. The first kappa shape index (κ1) is 23.6. The molecule has 0 aliphatic carbocycles. The first-order valence-corrected chi connectivity index (χ1v) is 12.9. The lowest BCUT2D eigenvalue weighted by molar-refractivity contribution is 0.417. The molecule has 0 aromatic heterocycles. The third kappa shape index (κ3) is 4.24. The Hall–Kier alpha value is -2.52. The summed E-state index contributed by atoms with van der Waals surface area (Å²) in [7, 11) is -0.897. The highest BCUT2D eigenvalue weighted by Gasteiger charge is 2.26. The molecule has 0 N–H and O–H groups in total. The fourth-order valence-electron chi connectivity index (χ4n) is 3.93. The third-order valence-corrected chi connectivity index (χ3v) is 8.38. The zero-order valence-corrected chi connectivity index (χ0v) is 22.1. The molecule has 0 fully saturated rings. The van der Waals surface area contributed by atoms with E-state index >= 15 is 0 Å². The van der Waals surface area contributed by atoms with Gasteiger partial charge in [0.25, 0.3) is 0 Å². The number of rotatable bonds is 5. The average Bonchev–Trinajstić information content (AvgIpc) is 2.77. The minimum absolute atomic E-state index is 0.0382. The van der Waals surface area contributed by atoms with Crippen LogP contribution in [-0.4, -0.2) is 22.6 Å². The molecule has 0 unspecified atom stereocenters. The molecule has 0 spiro atoms. The number of ether oxygens (including phenoxy) is 2. The van der Waals surface area contributed by atoms with Gasteiger partial charge in [-0.1, -0.05) is 57.2 Å². The standard InChI is InChI=1S/C26H25IO5S/c1-26(2,3)16-10-12-17(13-11-16)32-33(28,29)21-15-14-20-22(23(21)27)25(31-5)19-9-7-6-8-18(19)24(20)30-4/h6-15H,1-5H3. The molecule has 0 amide bonds. The van der Waals surface area contributed by atoms with Crippen molar-refractivity contribution >= 4 is 54.3 Å². The van der Waals surface area contributed by atoms with Gasteiger partial charge in [0.05, 0.1) is 14.2 Å². The lowest BCUT2D eigenvalue weighted by atomic mass is 9.87. The van der Waals surface area contributed by atoms with E-state index in [1.807, 2.05) is 59.0 Å². The van der Waals surface area contributed by atoms with Gasteiger partial charge >= 0.3 is 10.1 Å². The highest BCUT2D eigenvalue weighted by Crippen LogP contribution is 2.45. The van der Waals surface area contributed by atoms with E-state index in [0.29, 0.717) is 20.5 Å². The van der Waals surface area contributed by atoms with E-state index in [4.69, 9.17) is 13.7 Å². The summed E-state index contributed by atoms with van der Waals surface area (Å²) in [5, 5.41) is 3.17. The van der Waals surface area contributed by atoms with Crippen LogP contribution in [0.3, 0.4) is 0 Å². The SMILES string of the molecule is COc1c2ccccc2c(OC)c2c(I)c(S(=O)(=O)Oc3ccc(C(C)(C)C)cc3)ccc12. The third-order valence-electron chi connectivity index (χ3n) is 5.60. The van der Waals surface area contributed by atoms with E-state index in [0.717, 1.165) is 21.7 Å². The van der Waals surface area contributed by atoms with E-state index in [2.05, 4.69) is 20.8 Å². The van der Waals surface area contributed by atoms with Crippen LogP contribution in [0.15, 0.2) is 65.6 Å². The monoisotopic (exact) mass is 576 g/mol. The van der Waals surface area contributed by atoms with Crippen molar-refractivity contribution < 1.29 is 22.1 Å². The summed E-state index contributed by atoms with van der Waals surface area (Å²) in [5.74, 6) is 1.53. The zero-order chi connectivity index (χ0) is 24.0. The molecule has 4 rings (SSSR count). The Labute approximate surface area is 207 Å². The highest BCUT2D eigenvalue weighted by molar-refractivity contribution is 14.1. The molecule has 0 saturated heterocycles. The quantitative estimate of drug-likeness (QED) is 0.151. The number of fused-ring (bicyclic) bond motifs is 2. The first-order valence-electron chi connectivity index (χ1n) is 10.4. The maximum atomic E-state index is 13.3. The fraction of sp³-hybridized carbons (Fsp3) is 0.231. The number of hydrogen-bond donors (Lipinski definition) is 0. The summed E-state index contributed by atoms with van der Waals surface area (Å²) < 4.78 is 44.0. The van der Waals surface area contributed by atoms with Gasteiger partial charge < -0.3 is 13.7 Å². The summed E-state index contributed by atoms with van der Waals surface area (Å²) in [6.45, 7) is 6.30. The van der Waals surface area contributed by atoms with Crippen molar-refractivity contribution in [3.8, 4) is 17.2 Å². The lowest BCUT2D eigenvalue weighted by Crippen LogP contribution is -2.13. The Morgan fingerprint density at radius 1 is 0.758 bits per heavy atom.